The zero-order valence-corrected chi connectivity index (χ0v) is 63.6. The normalized spacial score (nSPS) is 16.9. The first-order valence-electron chi connectivity index (χ1n) is 32.8. The first kappa shape index (κ1) is 83.2. The van der Waals surface area contributed by atoms with E-state index in [9.17, 15) is 120 Å². The Labute approximate surface area is 621 Å². The number of pyridine rings is 2. The number of nitrogens with zero attached hydrogens (tertiary/aromatic N) is 3. The van der Waals surface area contributed by atoms with Crippen LogP contribution in [0, 0.1) is 0 Å². The van der Waals surface area contributed by atoms with Gasteiger partial charge < -0.3 is 31.3 Å². The van der Waals surface area contributed by atoms with Gasteiger partial charge in [0.15, 0.2) is 0 Å². The van der Waals surface area contributed by atoms with E-state index in [1.165, 1.54) is 54.6 Å². The molecule has 0 spiro atoms. The van der Waals surface area contributed by atoms with E-state index in [1.807, 2.05) is 32.6 Å². The number of carbonyl (C=O) groups is 5. The van der Waals surface area contributed by atoms with Crippen LogP contribution in [0.1, 0.15) is 131 Å². The first-order chi connectivity index (χ1) is 49.9. The predicted molar refractivity (Wildman–Crippen MR) is 394 cm³/mol. The Morgan fingerprint density at radius 1 is 0.463 bits per heavy atom. The van der Waals surface area contributed by atoms with Gasteiger partial charge in [-0.3, -0.25) is 55.8 Å². The van der Waals surface area contributed by atoms with Crippen LogP contribution >= 0.6 is 0 Å². The molecule has 1 aliphatic heterocycles. The monoisotopic (exact) mass is 1630 g/mol. The molecule has 34 nitrogen and oxygen atoms in total. The van der Waals surface area contributed by atoms with E-state index in [4.69, 9.17) is 0 Å². The maximum atomic E-state index is 13.7. The summed E-state index contributed by atoms with van der Waals surface area (Å²) >= 11 is 0. The number of carboxylic acids is 1. The van der Waals surface area contributed by atoms with Gasteiger partial charge in [-0.2, -0.15) is 58.9 Å². The standard InChI is InChI=1S/C67H75N7O27S7/c1-65(2)47(49-38-67(49,19-11-25-102(81,82)83)48-36-55(107(96,97)98)45-30-39(15-17-43(45)59(48)65)41-32-50(61(77)68-20-26-103(84,85)86)72-51(33-41)62(78)69-21-27-104(87,88)89)12-7-5-8-13-57-66(3,4)60-44-18-16-40(31-46(44)56(108(99,100)101)37-54(60)74(57)24-10-6-9-14-58(75)76)42-34-52(63(79)70-22-28-105(90,91)92)73-53(35-42)64(80)71-23-29-106(93,94)95/h5,7-8,12-13,15-18,30-37H,6,9-11,14,19-29,38H2,1-4H3,(H,68,77)(H,69,78)(H,70,79)(H,71,80)(H,75,76)(H,81,82,83)(H,84,85,86)(H,87,88,89)(H,90,91,92)(H,93,94,95)(H,96,97,98)(H,99,100,101). The maximum Gasteiger partial charge on any atom is 0.303 e. The number of nitrogens with one attached hydrogen (secondary N) is 4. The summed E-state index contributed by atoms with van der Waals surface area (Å²) in [5.41, 5.74) is -1.18. The highest BCUT2D eigenvalue weighted by Gasteiger charge is 2.58. The zero-order valence-electron chi connectivity index (χ0n) is 57.9. The number of anilines is 1. The minimum atomic E-state index is -5.18. The van der Waals surface area contributed by atoms with Gasteiger partial charge in [-0.05, 0) is 142 Å². The van der Waals surface area contributed by atoms with Gasteiger partial charge in [0.25, 0.3) is 94.5 Å². The second-order valence-corrected chi connectivity index (χ2v) is 37.5. The number of hydrogen-bond acceptors (Lipinski definition) is 22. The molecule has 582 valence electrons. The molecule has 108 heavy (non-hydrogen) atoms. The Morgan fingerprint density at radius 3 is 1.29 bits per heavy atom. The van der Waals surface area contributed by atoms with Crippen LogP contribution in [0.2, 0.25) is 0 Å². The summed E-state index contributed by atoms with van der Waals surface area (Å²) in [5, 5.41) is 18.9. The fraction of sp³-hybridized carbons (Fsp3) is 0.358. The average molecular weight is 1630 g/mol. The SMILES string of the molecule is CC1(C)C(=CC=CC=CC2=C3CC3(CCCS(=O)(=O)O)c3cc(S(=O)(=O)O)c4cc(-c5cc(C(=O)NCCS(=O)(=O)O)nc(C(=O)NCCS(=O)(=O)O)c5)ccc4c3C2(C)C)N(CCCCCC(=O)O)c2cc(S(=O)(=O)O)c3cc(-c4cc(C(=O)NCCS(=O)(=O)O)nc(C(=O)NCCS(=O)(=O)O)c4)ccc3c21. The molecular weight excluding hydrogens is 1560 g/mol. The number of aliphatic carboxylic acids is 1. The van der Waals surface area contributed by atoms with Crippen molar-refractivity contribution in [2.45, 2.75) is 98.7 Å². The molecule has 1 fully saturated rings. The number of hydrogen-bond donors (Lipinski definition) is 12. The maximum absolute atomic E-state index is 13.7. The van der Waals surface area contributed by atoms with Crippen LogP contribution in [0.3, 0.4) is 0 Å². The quantitative estimate of drug-likeness (QED) is 0.0139. The van der Waals surface area contributed by atoms with Crippen molar-refractivity contribution in [2.75, 3.05) is 66.4 Å². The lowest BCUT2D eigenvalue weighted by Gasteiger charge is -2.38. The molecule has 1 atom stereocenters. The molecule has 3 heterocycles. The van der Waals surface area contributed by atoms with Crippen LogP contribution in [0.15, 0.2) is 130 Å². The Balaban J connectivity index is 1.14. The topological polar surface area (TPSA) is 563 Å². The molecule has 4 amide bonds. The van der Waals surface area contributed by atoms with Crippen molar-refractivity contribution in [1.29, 1.82) is 0 Å². The number of benzene rings is 4. The second-order valence-electron chi connectivity index (χ2n) is 26.9. The molecule has 2 aromatic heterocycles. The van der Waals surface area contributed by atoms with Gasteiger partial charge in [0.1, 0.15) is 32.6 Å². The third kappa shape index (κ3) is 20.0. The Kier molecular flexibility index (Phi) is 24.1. The van der Waals surface area contributed by atoms with Gasteiger partial charge in [-0.15, -0.1) is 0 Å². The Hall–Kier alpha value is -8.82. The van der Waals surface area contributed by atoms with Crippen molar-refractivity contribution in [1.82, 2.24) is 31.2 Å². The number of rotatable bonds is 33. The minimum Gasteiger partial charge on any atom is -0.481 e. The highest BCUT2D eigenvalue weighted by Crippen LogP contribution is 2.67. The number of amides is 4. The number of carbonyl (C=O) groups excluding carboxylic acids is 4. The van der Waals surface area contributed by atoms with Crippen LogP contribution < -0.4 is 26.2 Å². The molecule has 6 aromatic rings. The molecule has 1 unspecified atom stereocenters. The van der Waals surface area contributed by atoms with E-state index in [0.717, 1.165) is 17.7 Å². The molecule has 0 radical (unpaired) electrons. The van der Waals surface area contributed by atoms with Crippen molar-refractivity contribution in [3.8, 4) is 22.3 Å². The summed E-state index contributed by atoms with van der Waals surface area (Å²) in [4.78, 5) is 74.2. The van der Waals surface area contributed by atoms with Crippen LogP contribution in [-0.2, 0) is 91.9 Å². The van der Waals surface area contributed by atoms with Gasteiger partial charge >= 0.3 is 5.97 Å². The summed E-state index contributed by atoms with van der Waals surface area (Å²) in [7, 11) is -33.1. The first-order valence-corrected chi connectivity index (χ1v) is 43.7. The van der Waals surface area contributed by atoms with E-state index in [-0.39, 0.29) is 77.1 Å². The van der Waals surface area contributed by atoms with Gasteiger partial charge in [0.2, 0.25) is 0 Å². The Bertz CT molecular complexity index is 5610. The van der Waals surface area contributed by atoms with Crippen LogP contribution in [-0.4, -0.2) is 197 Å². The minimum absolute atomic E-state index is 0.00145. The van der Waals surface area contributed by atoms with Crippen molar-refractivity contribution >= 4 is 128 Å². The van der Waals surface area contributed by atoms with Crippen LogP contribution in [0.4, 0.5) is 5.69 Å². The summed E-state index contributed by atoms with van der Waals surface area (Å²) in [6.45, 7) is 5.09. The third-order valence-corrected chi connectivity index (χ3v) is 24.0. The highest BCUT2D eigenvalue weighted by molar-refractivity contribution is 7.87. The Morgan fingerprint density at radius 2 is 0.880 bits per heavy atom. The van der Waals surface area contributed by atoms with Crippen molar-refractivity contribution in [3.63, 3.8) is 0 Å². The molecule has 41 heteroatoms. The lowest BCUT2D eigenvalue weighted by Crippen LogP contribution is -2.32. The number of unbranched alkanes of at least 4 members (excludes halogenated alkanes) is 2. The van der Waals surface area contributed by atoms with E-state index >= 15 is 0 Å². The van der Waals surface area contributed by atoms with Gasteiger partial charge in [-0.25, -0.2) is 9.97 Å². The lowest BCUT2D eigenvalue weighted by molar-refractivity contribution is -0.137. The van der Waals surface area contributed by atoms with Crippen LogP contribution in [0.5, 0.6) is 0 Å². The largest absolute Gasteiger partial charge is 0.481 e. The van der Waals surface area contributed by atoms with Gasteiger partial charge in [0, 0.05) is 77.5 Å². The predicted octanol–water partition coefficient (Wildman–Crippen LogP) is 5.42. The molecule has 3 aliphatic rings. The summed E-state index contributed by atoms with van der Waals surface area (Å²) in [6, 6.07) is 16.0. The van der Waals surface area contributed by atoms with E-state index in [0.29, 0.717) is 51.9 Å². The molecule has 4 aromatic carbocycles. The van der Waals surface area contributed by atoms with Gasteiger partial charge in [-0.1, -0.05) is 88.3 Å². The summed E-state index contributed by atoms with van der Waals surface area (Å²) in [5.74, 6) is -9.56. The molecule has 9 rings (SSSR count). The van der Waals surface area contributed by atoms with E-state index in [2.05, 4.69) is 31.2 Å². The molecule has 12 N–H and O–H groups in total. The smallest absolute Gasteiger partial charge is 0.303 e. The third-order valence-electron chi connectivity index (χ3n) is 18.5. The van der Waals surface area contributed by atoms with Gasteiger partial charge in [0.05, 0.1) is 28.8 Å². The lowest BCUT2D eigenvalue weighted by atomic mass is 9.65. The number of fused-ring (bicyclic) bond motifs is 8. The molecular formula is C67H75N7O27S7. The van der Waals surface area contributed by atoms with Crippen molar-refractivity contribution in [3.05, 3.63) is 159 Å². The highest BCUT2D eigenvalue weighted by atomic mass is 32.2. The van der Waals surface area contributed by atoms with Crippen molar-refractivity contribution in [2.24, 2.45) is 0 Å². The summed E-state index contributed by atoms with van der Waals surface area (Å²) in [6.07, 6.45) is 9.74. The molecule has 1 saturated carbocycles. The number of allylic oxidation sites excluding steroid dienone is 8. The van der Waals surface area contributed by atoms with Crippen molar-refractivity contribution < 1.29 is 120 Å². The van der Waals surface area contributed by atoms with E-state index < -0.39 is 204 Å². The molecule has 0 bridgehead atoms. The average Bonchev–Trinajstić information content (AvgIpc) is 1.50. The summed E-state index contributed by atoms with van der Waals surface area (Å²) < 4.78 is 240. The fourth-order valence-electron chi connectivity index (χ4n) is 13.7. The number of carboxylic acid groups (broad SMARTS) is 1. The van der Waals surface area contributed by atoms with Crippen LogP contribution in [0.25, 0.3) is 43.8 Å². The number of aromatic nitrogens is 2. The van der Waals surface area contributed by atoms with E-state index in [1.54, 1.807) is 36.4 Å². The fourth-order valence-corrected chi connectivity index (χ4v) is 17.1. The zero-order chi connectivity index (χ0) is 79.9. The molecule has 0 saturated heterocycles. The second kappa shape index (κ2) is 31.3. The molecule has 2 aliphatic carbocycles.